The molecule has 0 aliphatic carbocycles. The van der Waals surface area contributed by atoms with E-state index >= 15 is 0 Å². The van der Waals surface area contributed by atoms with E-state index in [-0.39, 0.29) is 22.6 Å². The van der Waals surface area contributed by atoms with Gasteiger partial charge in [-0.3, -0.25) is 5.10 Å². The molecule has 3 aromatic rings. The first-order valence-corrected chi connectivity index (χ1v) is 8.37. The third-order valence-corrected chi connectivity index (χ3v) is 4.03. The molecule has 0 aliphatic heterocycles. The standard InChI is InChI=1S/C21H17N5O2/c1-27-19-10-15(7-8-18(19)28-13-14-5-3-2-4-6-14)9-16(11-22)20-17(12-23)21(24)26-25-20/h2-10H,13H2,1H3,(H3,24,25,26). The summed E-state index contributed by atoms with van der Waals surface area (Å²) in [7, 11) is 1.55. The Morgan fingerprint density at radius 1 is 1.18 bits per heavy atom. The van der Waals surface area contributed by atoms with Gasteiger partial charge in [-0.25, -0.2) is 0 Å². The molecule has 1 heterocycles. The molecule has 7 nitrogen and oxygen atoms in total. The molecule has 28 heavy (non-hydrogen) atoms. The van der Waals surface area contributed by atoms with Crippen LogP contribution in [0.25, 0.3) is 11.6 Å². The lowest BCUT2D eigenvalue weighted by molar-refractivity contribution is 0.284. The number of nitrogens with zero attached hydrogens (tertiary/aromatic N) is 3. The zero-order chi connectivity index (χ0) is 19.9. The second-order valence-corrected chi connectivity index (χ2v) is 5.83. The lowest BCUT2D eigenvalue weighted by Gasteiger charge is -2.11. The maximum atomic E-state index is 9.49. The van der Waals surface area contributed by atoms with Gasteiger partial charge in [-0.2, -0.15) is 15.6 Å². The number of hydrogen-bond donors (Lipinski definition) is 2. The van der Waals surface area contributed by atoms with E-state index in [1.807, 2.05) is 36.4 Å². The topological polar surface area (TPSA) is 121 Å². The molecule has 0 atom stereocenters. The summed E-state index contributed by atoms with van der Waals surface area (Å²) in [5.41, 5.74) is 8.06. The second-order valence-electron chi connectivity index (χ2n) is 5.83. The number of nitrogen functional groups attached to an aromatic ring is 1. The highest BCUT2D eigenvalue weighted by Crippen LogP contribution is 2.31. The Morgan fingerprint density at radius 2 is 1.96 bits per heavy atom. The molecular weight excluding hydrogens is 354 g/mol. The Kier molecular flexibility index (Phi) is 5.59. The molecule has 0 saturated carbocycles. The Hall–Kier alpha value is -4.23. The molecule has 3 rings (SSSR count). The smallest absolute Gasteiger partial charge is 0.163 e. The van der Waals surface area contributed by atoms with Crippen LogP contribution in [-0.2, 0) is 6.61 Å². The van der Waals surface area contributed by atoms with Gasteiger partial charge in [0.25, 0.3) is 0 Å². The van der Waals surface area contributed by atoms with Crippen LogP contribution in [0.2, 0.25) is 0 Å². The second kappa shape index (κ2) is 8.43. The van der Waals surface area contributed by atoms with Gasteiger partial charge in [0.1, 0.15) is 24.3 Å². The van der Waals surface area contributed by atoms with E-state index in [2.05, 4.69) is 16.3 Å². The zero-order valence-electron chi connectivity index (χ0n) is 15.1. The minimum absolute atomic E-state index is 0.0564. The summed E-state index contributed by atoms with van der Waals surface area (Å²) in [4.78, 5) is 0. The van der Waals surface area contributed by atoms with Crippen molar-refractivity contribution in [2.75, 3.05) is 12.8 Å². The molecule has 0 saturated heterocycles. The molecule has 2 aromatic carbocycles. The van der Waals surface area contributed by atoms with Crippen LogP contribution in [0.4, 0.5) is 5.82 Å². The first-order valence-electron chi connectivity index (χ1n) is 8.37. The number of benzene rings is 2. The predicted octanol–water partition coefficient (Wildman–Crippen LogP) is 3.52. The molecule has 0 radical (unpaired) electrons. The largest absolute Gasteiger partial charge is 0.493 e. The molecular formula is C21H17N5O2. The zero-order valence-corrected chi connectivity index (χ0v) is 15.1. The van der Waals surface area contributed by atoms with E-state index in [9.17, 15) is 10.5 Å². The van der Waals surface area contributed by atoms with Gasteiger partial charge in [0.15, 0.2) is 17.3 Å². The van der Waals surface area contributed by atoms with Gasteiger partial charge in [-0.1, -0.05) is 36.4 Å². The Morgan fingerprint density at radius 3 is 2.64 bits per heavy atom. The van der Waals surface area contributed by atoms with Crippen LogP contribution in [0, 0.1) is 22.7 Å². The van der Waals surface area contributed by atoms with Crippen molar-refractivity contribution < 1.29 is 9.47 Å². The molecule has 7 heteroatoms. The van der Waals surface area contributed by atoms with Crippen molar-refractivity contribution in [3.05, 3.63) is 70.9 Å². The van der Waals surface area contributed by atoms with Crippen molar-refractivity contribution in [2.45, 2.75) is 6.61 Å². The van der Waals surface area contributed by atoms with Crippen LogP contribution in [0.3, 0.4) is 0 Å². The predicted molar refractivity (Wildman–Crippen MR) is 105 cm³/mol. The van der Waals surface area contributed by atoms with Gasteiger partial charge in [0.2, 0.25) is 0 Å². The van der Waals surface area contributed by atoms with Gasteiger partial charge >= 0.3 is 0 Å². The van der Waals surface area contributed by atoms with Crippen LogP contribution in [0.15, 0.2) is 48.5 Å². The number of hydrogen-bond acceptors (Lipinski definition) is 6. The summed E-state index contributed by atoms with van der Waals surface area (Å²) < 4.78 is 11.3. The number of nitrogens with one attached hydrogen (secondary N) is 1. The summed E-state index contributed by atoms with van der Waals surface area (Å²) in [5.74, 6) is 1.18. The van der Waals surface area contributed by atoms with Gasteiger partial charge in [0.05, 0.1) is 18.4 Å². The van der Waals surface area contributed by atoms with E-state index < -0.39 is 0 Å². The van der Waals surface area contributed by atoms with Crippen molar-refractivity contribution in [2.24, 2.45) is 0 Å². The first-order chi connectivity index (χ1) is 13.7. The maximum Gasteiger partial charge on any atom is 0.163 e. The van der Waals surface area contributed by atoms with Crippen molar-refractivity contribution in [3.63, 3.8) is 0 Å². The molecule has 0 amide bonds. The monoisotopic (exact) mass is 371 g/mol. The number of allylic oxidation sites excluding steroid dienone is 1. The van der Waals surface area contributed by atoms with Crippen LogP contribution in [0.5, 0.6) is 11.5 Å². The summed E-state index contributed by atoms with van der Waals surface area (Å²) in [6.07, 6.45) is 1.62. The number of methoxy groups -OCH3 is 1. The average molecular weight is 371 g/mol. The number of aromatic amines is 1. The molecule has 1 aromatic heterocycles. The van der Waals surface area contributed by atoms with Crippen LogP contribution >= 0.6 is 0 Å². The third kappa shape index (κ3) is 3.95. The van der Waals surface area contributed by atoms with Gasteiger partial charge < -0.3 is 15.2 Å². The van der Waals surface area contributed by atoms with Crippen molar-refractivity contribution in [1.82, 2.24) is 10.2 Å². The quantitative estimate of drug-likeness (QED) is 0.640. The third-order valence-electron chi connectivity index (χ3n) is 4.03. The Balaban J connectivity index is 1.87. The van der Waals surface area contributed by atoms with Gasteiger partial charge in [-0.05, 0) is 29.3 Å². The molecule has 0 bridgehead atoms. The lowest BCUT2D eigenvalue weighted by atomic mass is 10.1. The summed E-state index contributed by atoms with van der Waals surface area (Å²) in [5, 5.41) is 25.1. The summed E-state index contributed by atoms with van der Waals surface area (Å²) >= 11 is 0. The van der Waals surface area contributed by atoms with E-state index in [1.54, 1.807) is 31.4 Å². The van der Waals surface area contributed by atoms with Crippen LogP contribution in [0.1, 0.15) is 22.4 Å². The van der Waals surface area contributed by atoms with Gasteiger partial charge in [0, 0.05) is 0 Å². The van der Waals surface area contributed by atoms with Crippen molar-refractivity contribution in [1.29, 1.82) is 10.5 Å². The first kappa shape index (κ1) is 18.6. The molecule has 0 aliphatic rings. The fourth-order valence-corrected chi connectivity index (χ4v) is 2.62. The average Bonchev–Trinajstić information content (AvgIpc) is 3.11. The number of anilines is 1. The Labute approximate surface area is 162 Å². The van der Waals surface area contributed by atoms with E-state index in [4.69, 9.17) is 15.2 Å². The molecule has 0 fully saturated rings. The molecule has 0 spiro atoms. The molecule has 0 unspecified atom stereocenters. The fourth-order valence-electron chi connectivity index (χ4n) is 2.62. The molecule has 3 N–H and O–H groups in total. The molecule has 138 valence electrons. The maximum absolute atomic E-state index is 9.49. The minimum atomic E-state index is 0.0564. The van der Waals surface area contributed by atoms with Crippen molar-refractivity contribution >= 4 is 17.5 Å². The number of rotatable bonds is 6. The number of nitrogens with two attached hydrogens (primary N) is 1. The Bertz CT molecular complexity index is 1090. The normalized spacial score (nSPS) is 10.8. The number of ether oxygens (including phenoxy) is 2. The lowest BCUT2D eigenvalue weighted by Crippen LogP contribution is -1.97. The summed E-state index contributed by atoms with van der Waals surface area (Å²) in [6.45, 7) is 0.411. The fraction of sp³-hybridized carbons (Fsp3) is 0.0952. The van der Waals surface area contributed by atoms with Gasteiger partial charge in [-0.15, -0.1) is 0 Å². The highest BCUT2D eigenvalue weighted by molar-refractivity contribution is 5.91. The minimum Gasteiger partial charge on any atom is -0.493 e. The van der Waals surface area contributed by atoms with Crippen LogP contribution < -0.4 is 15.2 Å². The highest BCUT2D eigenvalue weighted by atomic mass is 16.5. The number of nitriles is 2. The van der Waals surface area contributed by atoms with E-state index in [1.165, 1.54) is 0 Å². The number of H-pyrrole nitrogens is 1. The van der Waals surface area contributed by atoms with E-state index in [0.717, 1.165) is 5.56 Å². The SMILES string of the molecule is COc1cc(C=C(C#N)c2[nH]nc(N)c2C#N)ccc1OCc1ccccc1. The van der Waals surface area contributed by atoms with Crippen LogP contribution in [-0.4, -0.2) is 17.3 Å². The van der Waals surface area contributed by atoms with E-state index in [0.29, 0.717) is 23.7 Å². The number of aromatic nitrogens is 2. The summed E-state index contributed by atoms with van der Waals surface area (Å²) in [6, 6.07) is 19.1. The van der Waals surface area contributed by atoms with Crippen molar-refractivity contribution in [3.8, 4) is 23.6 Å². The highest BCUT2D eigenvalue weighted by Gasteiger charge is 2.15.